The summed E-state index contributed by atoms with van der Waals surface area (Å²) in [6.45, 7) is 1.04. The van der Waals surface area contributed by atoms with Crippen LogP contribution < -0.4 is 5.32 Å². The summed E-state index contributed by atoms with van der Waals surface area (Å²) in [7, 11) is 0. The van der Waals surface area contributed by atoms with Gasteiger partial charge in [0.2, 0.25) is 0 Å². The molecule has 5 nitrogen and oxygen atoms in total. The monoisotopic (exact) mass is 352 g/mol. The van der Waals surface area contributed by atoms with Crippen molar-refractivity contribution < 1.29 is 4.79 Å². The summed E-state index contributed by atoms with van der Waals surface area (Å²) in [6.07, 6.45) is 7.09. The third-order valence-electron chi connectivity index (χ3n) is 4.30. The van der Waals surface area contributed by atoms with Gasteiger partial charge >= 0.3 is 0 Å². The van der Waals surface area contributed by atoms with Gasteiger partial charge in [-0.15, -0.1) is 0 Å². The number of fused-ring (bicyclic) bond motifs is 1. The molecule has 0 aliphatic carbocycles. The first-order chi connectivity index (χ1) is 12.2. The van der Waals surface area contributed by atoms with E-state index in [0.29, 0.717) is 16.4 Å². The third kappa shape index (κ3) is 3.42. The predicted molar refractivity (Wildman–Crippen MR) is 97.8 cm³/mol. The number of nitrogens with one attached hydrogen (secondary N) is 1. The average molecular weight is 353 g/mol. The number of aryl methyl sites for hydroxylation is 2. The fourth-order valence-corrected chi connectivity index (χ4v) is 3.16. The highest BCUT2D eigenvalue weighted by molar-refractivity contribution is 6.30. The number of benzene rings is 1. The lowest BCUT2D eigenvalue weighted by Gasteiger charge is -2.11. The molecule has 126 valence electrons. The van der Waals surface area contributed by atoms with Crippen LogP contribution in [0.1, 0.15) is 29.2 Å². The van der Waals surface area contributed by atoms with E-state index < -0.39 is 0 Å². The number of carbonyl (C=O) groups excluding carboxylic acids is 1. The number of halogens is 1. The highest BCUT2D eigenvalue weighted by atomic mass is 35.5. The number of aromatic nitrogens is 3. The maximum Gasteiger partial charge on any atom is 0.274 e. The quantitative estimate of drug-likeness (QED) is 0.769. The van der Waals surface area contributed by atoms with Crippen LogP contribution in [-0.2, 0) is 13.0 Å². The van der Waals surface area contributed by atoms with Crippen molar-refractivity contribution in [3.05, 3.63) is 65.3 Å². The maximum absolute atomic E-state index is 12.2. The SMILES string of the molecule is O=C(Nc1ccc(-c2cn3c(n2)CCCC3)cc1)c1cc(Cl)ccn1. The second kappa shape index (κ2) is 6.69. The van der Waals surface area contributed by atoms with Crippen molar-refractivity contribution in [3.63, 3.8) is 0 Å². The van der Waals surface area contributed by atoms with Crippen LogP contribution in [0.5, 0.6) is 0 Å². The topological polar surface area (TPSA) is 59.8 Å². The van der Waals surface area contributed by atoms with Gasteiger partial charge in [-0.2, -0.15) is 0 Å². The van der Waals surface area contributed by atoms with E-state index in [2.05, 4.69) is 21.1 Å². The lowest BCUT2D eigenvalue weighted by molar-refractivity contribution is 0.102. The molecule has 0 bridgehead atoms. The Hall–Kier alpha value is -2.66. The normalized spacial score (nSPS) is 13.3. The highest BCUT2D eigenvalue weighted by Crippen LogP contribution is 2.24. The average Bonchev–Trinajstić information content (AvgIpc) is 3.06. The van der Waals surface area contributed by atoms with Crippen LogP contribution in [0.25, 0.3) is 11.3 Å². The zero-order valence-electron chi connectivity index (χ0n) is 13.6. The van der Waals surface area contributed by atoms with Crippen molar-refractivity contribution in [2.45, 2.75) is 25.8 Å². The van der Waals surface area contributed by atoms with Gasteiger partial charge in [-0.05, 0) is 37.1 Å². The van der Waals surface area contributed by atoms with Crippen molar-refractivity contribution >= 4 is 23.2 Å². The molecule has 0 atom stereocenters. The van der Waals surface area contributed by atoms with Crippen LogP contribution in [0.4, 0.5) is 5.69 Å². The number of rotatable bonds is 3. The van der Waals surface area contributed by atoms with Crippen LogP contribution in [0.3, 0.4) is 0 Å². The van der Waals surface area contributed by atoms with Gasteiger partial charge in [-0.1, -0.05) is 23.7 Å². The van der Waals surface area contributed by atoms with E-state index in [-0.39, 0.29) is 5.91 Å². The molecule has 4 rings (SSSR count). The molecule has 0 unspecified atom stereocenters. The van der Waals surface area contributed by atoms with Gasteiger partial charge < -0.3 is 9.88 Å². The molecule has 0 saturated carbocycles. The van der Waals surface area contributed by atoms with E-state index in [1.165, 1.54) is 19.0 Å². The van der Waals surface area contributed by atoms with E-state index in [0.717, 1.165) is 30.0 Å². The van der Waals surface area contributed by atoms with E-state index in [4.69, 9.17) is 16.6 Å². The third-order valence-corrected chi connectivity index (χ3v) is 4.54. The van der Waals surface area contributed by atoms with Crippen LogP contribution in [-0.4, -0.2) is 20.4 Å². The summed E-state index contributed by atoms with van der Waals surface area (Å²) >= 11 is 5.89. The molecule has 3 heterocycles. The molecular weight excluding hydrogens is 336 g/mol. The smallest absolute Gasteiger partial charge is 0.274 e. The fraction of sp³-hybridized carbons (Fsp3) is 0.211. The molecule has 1 amide bonds. The molecule has 1 N–H and O–H groups in total. The zero-order chi connectivity index (χ0) is 17.2. The van der Waals surface area contributed by atoms with Crippen molar-refractivity contribution in [1.82, 2.24) is 14.5 Å². The summed E-state index contributed by atoms with van der Waals surface area (Å²) in [5.41, 5.74) is 3.02. The molecule has 6 heteroatoms. The van der Waals surface area contributed by atoms with E-state index in [1.807, 2.05) is 24.3 Å². The van der Waals surface area contributed by atoms with Crippen LogP contribution in [0.15, 0.2) is 48.8 Å². The van der Waals surface area contributed by atoms with Crippen molar-refractivity contribution in [1.29, 1.82) is 0 Å². The minimum atomic E-state index is -0.285. The van der Waals surface area contributed by atoms with Crippen molar-refractivity contribution in [2.24, 2.45) is 0 Å². The summed E-state index contributed by atoms with van der Waals surface area (Å²) < 4.78 is 2.24. The molecular formula is C19H17ClN4O. The van der Waals surface area contributed by atoms with Gasteiger partial charge in [0.1, 0.15) is 11.5 Å². The number of hydrogen-bond acceptors (Lipinski definition) is 3. The summed E-state index contributed by atoms with van der Waals surface area (Å²) in [5, 5.41) is 3.31. The first-order valence-corrected chi connectivity index (χ1v) is 8.66. The number of hydrogen-bond donors (Lipinski definition) is 1. The second-order valence-electron chi connectivity index (χ2n) is 6.08. The lowest BCUT2D eigenvalue weighted by Crippen LogP contribution is -2.13. The van der Waals surface area contributed by atoms with Crippen molar-refractivity contribution in [3.8, 4) is 11.3 Å². The van der Waals surface area contributed by atoms with E-state index >= 15 is 0 Å². The number of amides is 1. The van der Waals surface area contributed by atoms with E-state index in [9.17, 15) is 4.79 Å². The minimum absolute atomic E-state index is 0.285. The summed E-state index contributed by atoms with van der Waals surface area (Å²) in [4.78, 5) is 21.0. The maximum atomic E-state index is 12.2. The van der Waals surface area contributed by atoms with Gasteiger partial charge in [0, 0.05) is 41.6 Å². The van der Waals surface area contributed by atoms with Crippen LogP contribution in [0.2, 0.25) is 5.02 Å². The van der Waals surface area contributed by atoms with Crippen molar-refractivity contribution in [2.75, 3.05) is 5.32 Å². The Morgan fingerprint density at radius 3 is 2.76 bits per heavy atom. The van der Waals surface area contributed by atoms with E-state index in [1.54, 1.807) is 12.1 Å². The van der Waals surface area contributed by atoms with Gasteiger partial charge in [0.25, 0.3) is 5.91 Å². The number of carbonyl (C=O) groups is 1. The van der Waals surface area contributed by atoms with Crippen LogP contribution >= 0.6 is 11.6 Å². The molecule has 1 aliphatic rings. The lowest BCUT2D eigenvalue weighted by atomic mass is 10.1. The minimum Gasteiger partial charge on any atom is -0.334 e. The standard InChI is InChI=1S/C19H17ClN4O/c20-14-8-9-21-16(11-14)19(25)22-15-6-4-13(5-7-15)17-12-24-10-2-1-3-18(24)23-17/h4-9,11-12H,1-3,10H2,(H,22,25). The molecule has 0 fully saturated rings. The zero-order valence-corrected chi connectivity index (χ0v) is 14.3. The summed E-state index contributed by atoms with van der Waals surface area (Å²) in [5.74, 6) is 0.873. The molecule has 0 saturated heterocycles. The summed E-state index contributed by atoms with van der Waals surface area (Å²) in [6, 6.07) is 10.9. The Morgan fingerprint density at radius 2 is 2.00 bits per heavy atom. The predicted octanol–water partition coefficient (Wildman–Crippen LogP) is 4.19. The number of anilines is 1. The first-order valence-electron chi connectivity index (χ1n) is 8.28. The van der Waals surface area contributed by atoms with Crippen LogP contribution in [0, 0.1) is 0 Å². The molecule has 0 spiro atoms. The Balaban J connectivity index is 1.50. The molecule has 1 aliphatic heterocycles. The number of imidazole rings is 1. The second-order valence-corrected chi connectivity index (χ2v) is 6.52. The Bertz CT molecular complexity index is 894. The molecule has 3 aromatic rings. The Labute approximate surface area is 150 Å². The number of pyridine rings is 1. The first kappa shape index (κ1) is 15.8. The number of nitrogens with zero attached hydrogens (tertiary/aromatic N) is 3. The Morgan fingerprint density at radius 1 is 1.16 bits per heavy atom. The Kier molecular flexibility index (Phi) is 4.24. The highest BCUT2D eigenvalue weighted by Gasteiger charge is 2.13. The molecule has 1 aromatic carbocycles. The fourth-order valence-electron chi connectivity index (χ4n) is 3.00. The largest absolute Gasteiger partial charge is 0.334 e. The van der Waals surface area contributed by atoms with Gasteiger partial charge in [0.15, 0.2) is 0 Å². The van der Waals surface area contributed by atoms with Gasteiger partial charge in [0.05, 0.1) is 5.69 Å². The van der Waals surface area contributed by atoms with Gasteiger partial charge in [-0.3, -0.25) is 9.78 Å². The molecule has 0 radical (unpaired) electrons. The molecule has 25 heavy (non-hydrogen) atoms. The molecule has 2 aromatic heterocycles. The van der Waals surface area contributed by atoms with Gasteiger partial charge in [-0.25, -0.2) is 4.98 Å².